The zero-order valence-corrected chi connectivity index (χ0v) is 21.6. The summed E-state index contributed by atoms with van der Waals surface area (Å²) in [6, 6.07) is 5.02. The van der Waals surface area contributed by atoms with Crippen LogP contribution in [0.2, 0.25) is 10.0 Å². The summed E-state index contributed by atoms with van der Waals surface area (Å²) >= 11 is 12.8. The fourth-order valence-electron chi connectivity index (χ4n) is 3.63. The van der Waals surface area contributed by atoms with E-state index in [-0.39, 0.29) is 46.5 Å². The molecule has 34 heavy (non-hydrogen) atoms. The maximum Gasteiger partial charge on any atom is 0.337 e. The Morgan fingerprint density at radius 2 is 1.62 bits per heavy atom. The number of hydrogen-bond donors (Lipinski definition) is 1. The van der Waals surface area contributed by atoms with Gasteiger partial charge in [-0.1, -0.05) is 48.7 Å². The van der Waals surface area contributed by atoms with E-state index in [2.05, 4.69) is 5.32 Å². The van der Waals surface area contributed by atoms with Gasteiger partial charge in [-0.3, -0.25) is 4.79 Å². The number of ether oxygens (including phenoxy) is 3. The lowest BCUT2D eigenvalue weighted by Gasteiger charge is -2.31. The van der Waals surface area contributed by atoms with Crippen LogP contribution in [-0.2, 0) is 28.6 Å². The molecule has 1 aromatic carbocycles. The number of nitrogens with one attached hydrogen (secondary N) is 1. The van der Waals surface area contributed by atoms with Gasteiger partial charge in [-0.15, -0.1) is 0 Å². The van der Waals surface area contributed by atoms with Gasteiger partial charge in [-0.2, -0.15) is 0 Å². The fourth-order valence-corrected chi connectivity index (χ4v) is 4.04. The monoisotopic (exact) mass is 511 g/mol. The van der Waals surface area contributed by atoms with Crippen LogP contribution in [0.1, 0.15) is 65.4 Å². The molecule has 2 rings (SSSR count). The van der Waals surface area contributed by atoms with E-state index in [0.717, 1.165) is 12.8 Å². The highest BCUT2D eigenvalue weighted by molar-refractivity contribution is 6.42. The minimum Gasteiger partial charge on any atom is -0.462 e. The lowest BCUT2D eigenvalue weighted by atomic mass is 9.80. The molecule has 1 heterocycles. The molecular weight excluding hydrogens is 481 g/mol. The largest absolute Gasteiger partial charge is 0.462 e. The molecular formula is C25H31Cl2NO6. The van der Waals surface area contributed by atoms with Crippen molar-refractivity contribution in [1.82, 2.24) is 5.32 Å². The van der Waals surface area contributed by atoms with Crippen molar-refractivity contribution >= 4 is 41.1 Å². The van der Waals surface area contributed by atoms with Crippen LogP contribution in [0.3, 0.4) is 0 Å². The fraction of sp³-hybridized carbons (Fsp3) is 0.480. The molecule has 1 aliphatic rings. The van der Waals surface area contributed by atoms with Crippen LogP contribution in [0.4, 0.5) is 0 Å². The van der Waals surface area contributed by atoms with Crippen molar-refractivity contribution < 1.29 is 28.6 Å². The van der Waals surface area contributed by atoms with Gasteiger partial charge < -0.3 is 19.5 Å². The molecule has 9 heteroatoms. The van der Waals surface area contributed by atoms with Gasteiger partial charge >= 0.3 is 17.9 Å². The number of carbonyl (C=O) groups excluding carboxylic acids is 3. The van der Waals surface area contributed by atoms with Crippen LogP contribution in [0.25, 0.3) is 0 Å². The molecule has 7 nitrogen and oxygen atoms in total. The zero-order valence-electron chi connectivity index (χ0n) is 20.1. The van der Waals surface area contributed by atoms with Crippen molar-refractivity contribution in [3.8, 4) is 0 Å². The smallest absolute Gasteiger partial charge is 0.337 e. The topological polar surface area (TPSA) is 90.9 Å². The van der Waals surface area contributed by atoms with E-state index in [1.54, 1.807) is 45.9 Å². The van der Waals surface area contributed by atoms with Crippen LogP contribution in [0.5, 0.6) is 0 Å². The average Bonchev–Trinajstić information content (AvgIpc) is 2.75. The number of halogens is 2. The second-order valence-corrected chi connectivity index (χ2v) is 8.98. The number of esters is 3. The van der Waals surface area contributed by atoms with Crippen molar-refractivity contribution in [2.75, 3.05) is 13.2 Å². The summed E-state index contributed by atoms with van der Waals surface area (Å²) in [5, 5.41) is 3.59. The van der Waals surface area contributed by atoms with E-state index in [4.69, 9.17) is 37.4 Å². The number of benzene rings is 1. The third kappa shape index (κ3) is 7.00. The van der Waals surface area contributed by atoms with Gasteiger partial charge in [-0.25, -0.2) is 9.59 Å². The van der Waals surface area contributed by atoms with Crippen molar-refractivity contribution in [3.05, 3.63) is 56.3 Å². The number of rotatable bonds is 10. The first-order valence-electron chi connectivity index (χ1n) is 11.2. The van der Waals surface area contributed by atoms with Crippen LogP contribution >= 0.6 is 23.2 Å². The maximum atomic E-state index is 13.2. The minimum absolute atomic E-state index is 0.0618. The molecule has 0 aromatic heterocycles. The first kappa shape index (κ1) is 27.7. The van der Waals surface area contributed by atoms with E-state index in [9.17, 15) is 14.4 Å². The Kier molecular flexibility index (Phi) is 10.5. The molecule has 0 bridgehead atoms. The Balaban J connectivity index is 2.35. The van der Waals surface area contributed by atoms with E-state index in [1.165, 1.54) is 0 Å². The quantitative estimate of drug-likeness (QED) is 0.253. The Labute approximate surface area is 210 Å². The van der Waals surface area contributed by atoms with Gasteiger partial charge in [0, 0.05) is 17.8 Å². The van der Waals surface area contributed by atoms with Crippen molar-refractivity contribution in [2.24, 2.45) is 0 Å². The normalized spacial score (nSPS) is 15.8. The number of hydrogen-bond acceptors (Lipinski definition) is 7. The lowest BCUT2D eigenvalue weighted by molar-refractivity contribution is -0.150. The van der Waals surface area contributed by atoms with Gasteiger partial charge in [-0.05, 0) is 45.7 Å². The summed E-state index contributed by atoms with van der Waals surface area (Å²) in [6.07, 6.45) is 1.57. The summed E-state index contributed by atoms with van der Waals surface area (Å²) in [5.41, 5.74) is 1.95. The van der Waals surface area contributed by atoms with Crippen LogP contribution < -0.4 is 5.32 Å². The minimum atomic E-state index is -0.863. The maximum absolute atomic E-state index is 13.2. The first-order valence-corrected chi connectivity index (χ1v) is 12.0. The molecule has 0 saturated carbocycles. The third-order valence-electron chi connectivity index (χ3n) is 5.15. The lowest BCUT2D eigenvalue weighted by Crippen LogP contribution is -2.33. The zero-order chi connectivity index (χ0) is 25.4. The summed E-state index contributed by atoms with van der Waals surface area (Å²) in [5.74, 6) is -2.45. The molecule has 1 aliphatic heterocycles. The Morgan fingerprint density at radius 1 is 1.00 bits per heavy atom. The average molecular weight is 512 g/mol. The molecule has 0 saturated heterocycles. The molecule has 0 spiro atoms. The summed E-state index contributed by atoms with van der Waals surface area (Å²) in [7, 11) is 0. The number of unbranched alkanes of at least 4 members (excludes halogenated alkanes) is 1. The van der Waals surface area contributed by atoms with Gasteiger partial charge in [0.25, 0.3) is 0 Å². The second kappa shape index (κ2) is 12.8. The predicted molar refractivity (Wildman–Crippen MR) is 130 cm³/mol. The van der Waals surface area contributed by atoms with E-state index in [0.29, 0.717) is 23.4 Å². The Morgan fingerprint density at radius 3 is 2.24 bits per heavy atom. The summed E-state index contributed by atoms with van der Waals surface area (Å²) in [6.45, 7) is 8.70. The molecule has 186 valence electrons. The molecule has 0 amide bonds. The highest BCUT2D eigenvalue weighted by Gasteiger charge is 2.39. The Hall–Kier alpha value is -2.51. The SMILES string of the molecule is CCCCC(=O)OCCOC(=O)C1=C(C)NC(C)=C(C(=O)OC(C)C)C1c1cccc(Cl)c1Cl. The second-order valence-electron chi connectivity index (χ2n) is 8.19. The van der Waals surface area contributed by atoms with Gasteiger partial charge in [0.05, 0.1) is 33.2 Å². The van der Waals surface area contributed by atoms with E-state index >= 15 is 0 Å². The molecule has 0 fully saturated rings. The third-order valence-corrected chi connectivity index (χ3v) is 5.98. The van der Waals surface area contributed by atoms with E-state index < -0.39 is 17.9 Å². The van der Waals surface area contributed by atoms with Crippen molar-refractivity contribution in [1.29, 1.82) is 0 Å². The van der Waals surface area contributed by atoms with E-state index in [1.807, 2.05) is 6.92 Å². The Bertz CT molecular complexity index is 999. The summed E-state index contributed by atoms with van der Waals surface area (Å²) < 4.78 is 16.0. The van der Waals surface area contributed by atoms with Crippen LogP contribution in [-0.4, -0.2) is 37.2 Å². The molecule has 1 unspecified atom stereocenters. The molecule has 1 aromatic rings. The highest BCUT2D eigenvalue weighted by Crippen LogP contribution is 2.43. The van der Waals surface area contributed by atoms with Gasteiger partial charge in [0.2, 0.25) is 0 Å². The number of allylic oxidation sites excluding steroid dienone is 2. The standard InChI is InChI=1S/C25H31Cl2NO6/c1-6-7-11-19(29)32-12-13-33-24(30)20-15(4)28-16(5)21(25(31)34-14(2)3)22(20)17-9-8-10-18(26)23(17)27/h8-10,14,22,28H,6-7,11-13H2,1-5H3. The first-order chi connectivity index (χ1) is 16.1. The van der Waals surface area contributed by atoms with Gasteiger partial charge in [0.1, 0.15) is 13.2 Å². The van der Waals surface area contributed by atoms with Gasteiger partial charge in [0.15, 0.2) is 0 Å². The number of dihydropyridines is 1. The van der Waals surface area contributed by atoms with Crippen molar-refractivity contribution in [3.63, 3.8) is 0 Å². The molecule has 1 atom stereocenters. The predicted octanol–water partition coefficient (Wildman–Crippen LogP) is 5.46. The highest BCUT2D eigenvalue weighted by atomic mass is 35.5. The van der Waals surface area contributed by atoms with Crippen LogP contribution in [0, 0.1) is 0 Å². The number of carbonyl (C=O) groups is 3. The van der Waals surface area contributed by atoms with Crippen LogP contribution in [0.15, 0.2) is 40.7 Å². The molecule has 1 N–H and O–H groups in total. The van der Waals surface area contributed by atoms with Crippen molar-refractivity contribution in [2.45, 2.75) is 65.9 Å². The summed E-state index contributed by atoms with van der Waals surface area (Å²) in [4.78, 5) is 37.9. The molecule has 0 aliphatic carbocycles. The molecule has 0 radical (unpaired) electrons.